The van der Waals surface area contributed by atoms with Crippen LogP contribution in [0.5, 0.6) is 0 Å². The molecule has 0 N–H and O–H groups in total. The van der Waals surface area contributed by atoms with Gasteiger partial charge in [0.2, 0.25) is 0 Å². The number of hydrogen-bond acceptors (Lipinski definition) is 3. The van der Waals surface area contributed by atoms with E-state index >= 15 is 0 Å². The van der Waals surface area contributed by atoms with Gasteiger partial charge in [0, 0.05) is 17.6 Å². The molecule has 0 unspecified atom stereocenters. The molecule has 1 fully saturated rings. The van der Waals surface area contributed by atoms with Crippen LogP contribution in [0, 0.1) is 17.2 Å². The van der Waals surface area contributed by atoms with Gasteiger partial charge in [0.05, 0.1) is 18.2 Å². The van der Waals surface area contributed by atoms with E-state index in [2.05, 4.69) is 0 Å². The number of alkyl halides is 3. The molecule has 1 aliphatic rings. The van der Waals surface area contributed by atoms with Crippen LogP contribution in [-0.4, -0.2) is 12.6 Å². The minimum atomic E-state index is -4.36. The van der Waals surface area contributed by atoms with Crippen LogP contribution in [0.15, 0.2) is 35.9 Å². The second kappa shape index (κ2) is 6.22. The zero-order valence-corrected chi connectivity index (χ0v) is 11.9. The van der Waals surface area contributed by atoms with Crippen LogP contribution in [0.1, 0.15) is 30.4 Å². The Labute approximate surface area is 126 Å². The van der Waals surface area contributed by atoms with E-state index in [1.54, 1.807) is 6.92 Å². The lowest BCUT2D eigenvalue weighted by atomic mass is 10.0. The molecule has 116 valence electrons. The molecule has 22 heavy (non-hydrogen) atoms. The van der Waals surface area contributed by atoms with Gasteiger partial charge >= 0.3 is 12.1 Å². The number of ether oxygens (including phenoxy) is 1. The number of hydrogen-bond donors (Lipinski definition) is 0. The van der Waals surface area contributed by atoms with E-state index < -0.39 is 17.7 Å². The average molecular weight is 309 g/mol. The topological polar surface area (TPSA) is 50.1 Å². The van der Waals surface area contributed by atoms with Crippen molar-refractivity contribution in [2.75, 3.05) is 6.61 Å². The molecule has 3 nitrogen and oxygen atoms in total. The molecule has 0 spiro atoms. The number of esters is 1. The van der Waals surface area contributed by atoms with Gasteiger partial charge in [0.15, 0.2) is 0 Å². The molecule has 1 aromatic carbocycles. The molecule has 1 aliphatic carbocycles. The summed E-state index contributed by atoms with van der Waals surface area (Å²) in [5.41, 5.74) is 0.349. The Hall–Kier alpha value is -2.29. The summed E-state index contributed by atoms with van der Waals surface area (Å²) in [6.07, 6.45) is -2.55. The molecule has 1 saturated carbocycles. The second-order valence-electron chi connectivity index (χ2n) is 5.03. The van der Waals surface area contributed by atoms with Gasteiger partial charge in [-0.1, -0.05) is 12.1 Å². The number of nitrogens with zero attached hydrogens (tertiary/aromatic N) is 1. The quantitative estimate of drug-likeness (QED) is 0.482. The Bertz CT molecular complexity index is 626. The normalized spacial score (nSPS) is 21.1. The van der Waals surface area contributed by atoms with Crippen LogP contribution in [0.25, 0.3) is 0 Å². The lowest BCUT2D eigenvalue weighted by molar-refractivity contribution is -0.138. The van der Waals surface area contributed by atoms with Crippen LogP contribution in [-0.2, 0) is 15.7 Å². The monoisotopic (exact) mass is 309 g/mol. The highest BCUT2D eigenvalue weighted by molar-refractivity contribution is 5.84. The summed E-state index contributed by atoms with van der Waals surface area (Å²) in [6.45, 7) is 1.89. The third-order valence-electron chi connectivity index (χ3n) is 3.55. The van der Waals surface area contributed by atoms with Gasteiger partial charge in [-0.3, -0.25) is 0 Å². The van der Waals surface area contributed by atoms with Crippen molar-refractivity contribution in [3.05, 3.63) is 47.0 Å². The molecular weight excluding hydrogens is 295 g/mol. The summed E-state index contributed by atoms with van der Waals surface area (Å²) in [4.78, 5) is 11.4. The maximum atomic E-state index is 12.5. The molecule has 0 aliphatic heterocycles. The lowest BCUT2D eigenvalue weighted by Crippen LogP contribution is -2.04. The van der Waals surface area contributed by atoms with Crippen molar-refractivity contribution >= 4 is 5.97 Å². The number of allylic oxidation sites excluding steroid dienone is 1. The number of benzene rings is 1. The molecule has 0 amide bonds. The maximum Gasteiger partial charge on any atom is 0.416 e. The Balaban J connectivity index is 2.08. The summed E-state index contributed by atoms with van der Waals surface area (Å²) >= 11 is 0. The first-order valence-electron chi connectivity index (χ1n) is 6.82. The Morgan fingerprint density at radius 2 is 2.05 bits per heavy atom. The summed E-state index contributed by atoms with van der Waals surface area (Å²) < 4.78 is 42.3. The largest absolute Gasteiger partial charge is 0.463 e. The van der Waals surface area contributed by atoms with Crippen molar-refractivity contribution < 1.29 is 22.7 Å². The first kappa shape index (κ1) is 16.1. The summed E-state index contributed by atoms with van der Waals surface area (Å²) in [5, 5.41) is 9.09. The van der Waals surface area contributed by atoms with Crippen LogP contribution in [0.2, 0.25) is 0 Å². The standard InChI is InChI=1S/C16H14F3NO2/c1-2-22-15(21)7-11(9-20)14-8-13(14)10-3-5-12(6-4-10)16(17,18)19/h3-7,13-14H,2,8H2,1H3/b11-7+/t13-,14-/m1/s1. The molecule has 0 bridgehead atoms. The number of rotatable bonds is 4. The van der Waals surface area contributed by atoms with Crippen LogP contribution >= 0.6 is 0 Å². The first-order valence-corrected chi connectivity index (χ1v) is 6.82. The van der Waals surface area contributed by atoms with Gasteiger partial charge < -0.3 is 4.74 Å². The zero-order valence-electron chi connectivity index (χ0n) is 11.9. The molecule has 0 aromatic heterocycles. The van der Waals surface area contributed by atoms with Gasteiger partial charge in [-0.2, -0.15) is 18.4 Å². The second-order valence-corrected chi connectivity index (χ2v) is 5.03. The van der Waals surface area contributed by atoms with E-state index in [1.807, 2.05) is 6.07 Å². The number of carbonyl (C=O) groups excluding carboxylic acids is 1. The van der Waals surface area contributed by atoms with Gasteiger partial charge in [-0.15, -0.1) is 0 Å². The highest BCUT2D eigenvalue weighted by Gasteiger charge is 2.42. The van der Waals surface area contributed by atoms with Crippen molar-refractivity contribution in [1.82, 2.24) is 0 Å². The third kappa shape index (κ3) is 3.67. The van der Waals surface area contributed by atoms with Crippen LogP contribution in [0.3, 0.4) is 0 Å². The first-order chi connectivity index (χ1) is 10.4. The number of nitriles is 1. The smallest absolute Gasteiger partial charge is 0.416 e. The molecule has 6 heteroatoms. The van der Waals surface area contributed by atoms with Crippen molar-refractivity contribution in [3.8, 4) is 6.07 Å². The molecular formula is C16H14F3NO2. The van der Waals surface area contributed by atoms with E-state index in [0.717, 1.165) is 23.8 Å². The van der Waals surface area contributed by atoms with Crippen molar-refractivity contribution in [1.29, 1.82) is 5.26 Å². The fourth-order valence-corrected chi connectivity index (χ4v) is 2.36. The van der Waals surface area contributed by atoms with E-state index in [1.165, 1.54) is 12.1 Å². The lowest BCUT2D eigenvalue weighted by Gasteiger charge is -2.07. The van der Waals surface area contributed by atoms with Crippen LogP contribution in [0.4, 0.5) is 13.2 Å². The van der Waals surface area contributed by atoms with E-state index in [-0.39, 0.29) is 18.4 Å². The number of carbonyl (C=O) groups is 1. The molecule has 1 aromatic rings. The average Bonchev–Trinajstić information content (AvgIpc) is 3.24. The van der Waals surface area contributed by atoms with Gasteiger partial charge in [-0.05, 0) is 37.0 Å². The SMILES string of the molecule is CCOC(=O)/C=C(\C#N)[C@H]1C[C@@H]1c1ccc(C(F)(F)F)cc1. The van der Waals surface area contributed by atoms with Crippen molar-refractivity contribution in [2.24, 2.45) is 5.92 Å². The summed E-state index contributed by atoms with van der Waals surface area (Å²) in [7, 11) is 0. The molecule has 0 radical (unpaired) electrons. The zero-order chi connectivity index (χ0) is 16.3. The number of halogens is 3. The van der Waals surface area contributed by atoms with Crippen LogP contribution < -0.4 is 0 Å². The van der Waals surface area contributed by atoms with E-state index in [9.17, 15) is 18.0 Å². The molecule has 0 heterocycles. The summed E-state index contributed by atoms with van der Waals surface area (Å²) in [6, 6.07) is 6.88. The Morgan fingerprint density at radius 3 is 2.55 bits per heavy atom. The third-order valence-corrected chi connectivity index (χ3v) is 3.55. The highest BCUT2D eigenvalue weighted by Crippen LogP contribution is 2.51. The predicted octanol–water partition coefficient (Wildman–Crippen LogP) is 3.82. The molecule has 2 atom stereocenters. The fourth-order valence-electron chi connectivity index (χ4n) is 2.36. The van der Waals surface area contributed by atoms with Gasteiger partial charge in [0.1, 0.15) is 0 Å². The fraction of sp³-hybridized carbons (Fsp3) is 0.375. The minimum Gasteiger partial charge on any atom is -0.463 e. The van der Waals surface area contributed by atoms with Crippen molar-refractivity contribution in [2.45, 2.75) is 25.4 Å². The van der Waals surface area contributed by atoms with E-state index in [0.29, 0.717) is 12.0 Å². The van der Waals surface area contributed by atoms with E-state index in [4.69, 9.17) is 10.00 Å². The summed E-state index contributed by atoms with van der Waals surface area (Å²) in [5.74, 6) is -0.731. The van der Waals surface area contributed by atoms with Gasteiger partial charge in [-0.25, -0.2) is 4.79 Å². The van der Waals surface area contributed by atoms with Gasteiger partial charge in [0.25, 0.3) is 0 Å². The van der Waals surface area contributed by atoms with Crippen molar-refractivity contribution in [3.63, 3.8) is 0 Å². The minimum absolute atomic E-state index is 0.0254. The maximum absolute atomic E-state index is 12.5. The molecule has 0 saturated heterocycles. The Morgan fingerprint density at radius 1 is 1.41 bits per heavy atom. The highest BCUT2D eigenvalue weighted by atomic mass is 19.4. The Kier molecular flexibility index (Phi) is 4.55. The predicted molar refractivity (Wildman–Crippen MR) is 72.6 cm³/mol. The molecule has 2 rings (SSSR count).